The van der Waals surface area contributed by atoms with Gasteiger partial charge in [-0.1, -0.05) is 25.1 Å². The van der Waals surface area contributed by atoms with Gasteiger partial charge in [0, 0.05) is 4.88 Å². The summed E-state index contributed by atoms with van der Waals surface area (Å²) in [6.45, 7) is 2.06. The molecule has 0 atom stereocenters. The minimum Gasteiger partial charge on any atom is -0.288 e. The minimum atomic E-state index is -0.297. The molecule has 3 heteroatoms. The smallest absolute Gasteiger partial charge is 0.195 e. The number of rotatable bonds is 4. The average Bonchev–Trinajstić information content (AvgIpc) is 2.85. The van der Waals surface area contributed by atoms with Gasteiger partial charge in [-0.3, -0.25) is 4.79 Å². The first kappa shape index (κ1) is 12.7. The van der Waals surface area contributed by atoms with Crippen LogP contribution in [0, 0.1) is 5.82 Å². The van der Waals surface area contributed by atoms with Crippen LogP contribution in [0.15, 0.2) is 42.5 Å². The second kappa shape index (κ2) is 5.74. The van der Waals surface area contributed by atoms with Gasteiger partial charge in [-0.2, -0.15) is 0 Å². The SMILES string of the molecule is CCc1ccc(C(=O)C=Cc2cccc(F)c2)s1. The molecule has 1 aromatic heterocycles. The molecule has 0 spiro atoms. The Bertz CT molecular complexity index is 584. The zero-order valence-electron chi connectivity index (χ0n) is 10.0. The summed E-state index contributed by atoms with van der Waals surface area (Å²) < 4.78 is 12.9. The number of halogens is 1. The fraction of sp³-hybridized carbons (Fsp3) is 0.133. The summed E-state index contributed by atoms with van der Waals surface area (Å²) in [5.74, 6) is -0.335. The molecule has 92 valence electrons. The van der Waals surface area contributed by atoms with Crippen molar-refractivity contribution < 1.29 is 9.18 Å². The molecule has 0 saturated carbocycles. The highest BCUT2D eigenvalue weighted by molar-refractivity contribution is 7.14. The van der Waals surface area contributed by atoms with Gasteiger partial charge in [-0.05, 0) is 42.3 Å². The fourth-order valence-electron chi connectivity index (χ4n) is 1.56. The molecule has 0 fully saturated rings. The Morgan fingerprint density at radius 1 is 1.33 bits per heavy atom. The molecule has 0 unspecified atom stereocenters. The lowest BCUT2D eigenvalue weighted by atomic mass is 10.2. The van der Waals surface area contributed by atoms with Crippen LogP contribution in [0.5, 0.6) is 0 Å². The lowest BCUT2D eigenvalue weighted by molar-refractivity contribution is 0.105. The summed E-state index contributed by atoms with van der Waals surface area (Å²) >= 11 is 1.50. The Morgan fingerprint density at radius 3 is 2.83 bits per heavy atom. The monoisotopic (exact) mass is 260 g/mol. The maximum Gasteiger partial charge on any atom is 0.195 e. The molecule has 0 aliphatic heterocycles. The lowest BCUT2D eigenvalue weighted by Gasteiger charge is -1.93. The molecule has 1 nitrogen and oxygen atoms in total. The third-order valence-electron chi connectivity index (χ3n) is 2.53. The lowest BCUT2D eigenvalue weighted by Crippen LogP contribution is -1.88. The zero-order valence-corrected chi connectivity index (χ0v) is 10.8. The molecule has 0 aliphatic carbocycles. The van der Waals surface area contributed by atoms with Gasteiger partial charge in [-0.25, -0.2) is 4.39 Å². The second-order valence-electron chi connectivity index (χ2n) is 3.87. The van der Waals surface area contributed by atoms with Gasteiger partial charge >= 0.3 is 0 Å². The number of aryl methyl sites for hydroxylation is 1. The third kappa shape index (κ3) is 3.14. The average molecular weight is 260 g/mol. The second-order valence-corrected chi connectivity index (χ2v) is 5.04. The highest BCUT2D eigenvalue weighted by Gasteiger charge is 2.05. The first-order chi connectivity index (χ1) is 8.69. The maximum absolute atomic E-state index is 12.9. The number of ketones is 1. The van der Waals surface area contributed by atoms with Crippen molar-refractivity contribution in [3.8, 4) is 0 Å². The van der Waals surface area contributed by atoms with Gasteiger partial charge in [0.25, 0.3) is 0 Å². The Hall–Kier alpha value is -1.74. The van der Waals surface area contributed by atoms with Crippen LogP contribution < -0.4 is 0 Å². The molecule has 0 saturated heterocycles. The highest BCUT2D eigenvalue weighted by atomic mass is 32.1. The van der Waals surface area contributed by atoms with Crippen molar-refractivity contribution in [1.82, 2.24) is 0 Å². The van der Waals surface area contributed by atoms with Crippen LogP contribution in [0.3, 0.4) is 0 Å². The van der Waals surface area contributed by atoms with Crippen molar-refractivity contribution in [2.24, 2.45) is 0 Å². The largest absolute Gasteiger partial charge is 0.288 e. The topological polar surface area (TPSA) is 17.1 Å². The van der Waals surface area contributed by atoms with Gasteiger partial charge in [0.1, 0.15) is 5.82 Å². The first-order valence-electron chi connectivity index (χ1n) is 5.75. The molecular formula is C15H13FOS. The van der Waals surface area contributed by atoms with Gasteiger partial charge in [0.15, 0.2) is 5.78 Å². The summed E-state index contributed by atoms with van der Waals surface area (Å²) in [4.78, 5) is 13.8. The van der Waals surface area contributed by atoms with Crippen LogP contribution in [-0.2, 0) is 6.42 Å². The number of carbonyl (C=O) groups is 1. The van der Waals surface area contributed by atoms with Gasteiger partial charge in [0.2, 0.25) is 0 Å². The number of allylic oxidation sites excluding steroid dienone is 1. The van der Waals surface area contributed by atoms with Crippen molar-refractivity contribution in [3.63, 3.8) is 0 Å². The number of hydrogen-bond acceptors (Lipinski definition) is 2. The van der Waals surface area contributed by atoms with E-state index in [2.05, 4.69) is 6.92 Å². The molecular weight excluding hydrogens is 247 g/mol. The van der Waals surface area contributed by atoms with Crippen LogP contribution in [-0.4, -0.2) is 5.78 Å². The van der Waals surface area contributed by atoms with E-state index < -0.39 is 0 Å². The Balaban J connectivity index is 2.11. The highest BCUT2D eigenvalue weighted by Crippen LogP contribution is 2.18. The quantitative estimate of drug-likeness (QED) is 0.590. The molecule has 1 aromatic carbocycles. The summed E-state index contributed by atoms with van der Waals surface area (Å²) in [7, 11) is 0. The summed E-state index contributed by atoms with van der Waals surface area (Å²) in [6.07, 6.45) is 4.06. The molecule has 18 heavy (non-hydrogen) atoms. The van der Waals surface area contributed by atoms with Gasteiger partial charge in [-0.15, -0.1) is 11.3 Å². The Labute approximate surface area is 110 Å². The van der Waals surface area contributed by atoms with Crippen LogP contribution in [0.25, 0.3) is 6.08 Å². The van der Waals surface area contributed by atoms with E-state index in [1.54, 1.807) is 18.2 Å². The van der Waals surface area contributed by atoms with E-state index in [0.717, 1.165) is 11.3 Å². The predicted octanol–water partition coefficient (Wildman–Crippen LogP) is 4.35. The van der Waals surface area contributed by atoms with Crippen LogP contribution in [0.4, 0.5) is 4.39 Å². The molecule has 0 amide bonds. The standard InChI is InChI=1S/C15H13FOS/c1-2-13-7-9-15(18-13)14(17)8-6-11-4-3-5-12(16)10-11/h3-10H,2H2,1H3. The molecule has 2 aromatic rings. The van der Waals surface area contributed by atoms with E-state index in [1.165, 1.54) is 34.4 Å². The van der Waals surface area contributed by atoms with E-state index >= 15 is 0 Å². The molecule has 0 aliphatic rings. The van der Waals surface area contributed by atoms with Gasteiger partial charge in [0.05, 0.1) is 4.88 Å². The molecule has 0 radical (unpaired) electrons. The maximum atomic E-state index is 12.9. The van der Waals surface area contributed by atoms with Gasteiger partial charge < -0.3 is 0 Å². The van der Waals surface area contributed by atoms with Crippen molar-refractivity contribution in [1.29, 1.82) is 0 Å². The normalized spacial score (nSPS) is 11.0. The van der Waals surface area contributed by atoms with Crippen LogP contribution in [0.2, 0.25) is 0 Å². The van der Waals surface area contributed by atoms with E-state index in [9.17, 15) is 9.18 Å². The number of hydrogen-bond donors (Lipinski definition) is 0. The summed E-state index contributed by atoms with van der Waals surface area (Å²) in [6, 6.07) is 9.97. The van der Waals surface area contributed by atoms with E-state index in [-0.39, 0.29) is 11.6 Å². The fourth-order valence-corrected chi connectivity index (χ4v) is 2.43. The predicted molar refractivity (Wildman–Crippen MR) is 73.5 cm³/mol. The zero-order chi connectivity index (χ0) is 13.0. The summed E-state index contributed by atoms with van der Waals surface area (Å²) in [5, 5.41) is 0. The molecule has 2 rings (SSSR count). The Kier molecular flexibility index (Phi) is 4.05. The van der Waals surface area contributed by atoms with E-state index in [0.29, 0.717) is 5.56 Å². The number of carbonyl (C=O) groups excluding carboxylic acids is 1. The van der Waals surface area contributed by atoms with E-state index in [4.69, 9.17) is 0 Å². The molecule has 1 heterocycles. The molecule has 0 bridgehead atoms. The van der Waals surface area contributed by atoms with Crippen LogP contribution in [0.1, 0.15) is 27.0 Å². The van der Waals surface area contributed by atoms with Crippen molar-refractivity contribution in [2.75, 3.05) is 0 Å². The van der Waals surface area contributed by atoms with E-state index in [1.807, 2.05) is 12.1 Å². The minimum absolute atomic E-state index is 0.0380. The Morgan fingerprint density at radius 2 is 2.17 bits per heavy atom. The van der Waals surface area contributed by atoms with Crippen molar-refractivity contribution >= 4 is 23.2 Å². The molecule has 0 N–H and O–H groups in total. The number of benzene rings is 1. The third-order valence-corrected chi connectivity index (χ3v) is 3.77. The van der Waals surface area contributed by atoms with Crippen molar-refractivity contribution in [3.05, 3.63) is 63.6 Å². The van der Waals surface area contributed by atoms with Crippen molar-refractivity contribution in [2.45, 2.75) is 13.3 Å². The van der Waals surface area contributed by atoms with Crippen LogP contribution >= 0.6 is 11.3 Å². The first-order valence-corrected chi connectivity index (χ1v) is 6.57. The summed E-state index contributed by atoms with van der Waals surface area (Å²) in [5.41, 5.74) is 0.690. The number of thiophene rings is 1.